The van der Waals surface area contributed by atoms with E-state index < -0.39 is 18.3 Å². The predicted molar refractivity (Wildman–Crippen MR) is 142 cm³/mol. The summed E-state index contributed by atoms with van der Waals surface area (Å²) < 4.78 is 10.8. The number of benzene rings is 1. The van der Waals surface area contributed by atoms with Gasteiger partial charge in [-0.05, 0) is 31.0 Å². The third-order valence-corrected chi connectivity index (χ3v) is 8.43. The molecular formula is C26H32N6O5S. The number of thiazole rings is 1. The Morgan fingerprint density at radius 2 is 2.00 bits per heavy atom. The molecule has 0 radical (unpaired) electrons. The van der Waals surface area contributed by atoms with Gasteiger partial charge in [-0.3, -0.25) is 0 Å². The lowest BCUT2D eigenvalue weighted by Gasteiger charge is -2.35. The number of aromatic nitrogens is 3. The Hall–Kier alpha value is -3.06. The van der Waals surface area contributed by atoms with E-state index in [0.29, 0.717) is 30.3 Å². The molecule has 5 heterocycles. The molecule has 202 valence electrons. The number of hydrogen-bond donors (Lipinski definition) is 2. The lowest BCUT2D eigenvalue weighted by Crippen LogP contribution is -2.53. The summed E-state index contributed by atoms with van der Waals surface area (Å²) in [7, 11) is 0. The largest absolute Gasteiger partial charge is 0.443 e. The third-order valence-electron chi connectivity index (χ3n) is 7.47. The van der Waals surface area contributed by atoms with E-state index in [1.807, 2.05) is 5.38 Å². The molecule has 1 amide bonds. The molecule has 3 saturated heterocycles. The summed E-state index contributed by atoms with van der Waals surface area (Å²) in [5.41, 5.74) is 2.67. The summed E-state index contributed by atoms with van der Waals surface area (Å²) in [4.78, 5) is 31.7. The van der Waals surface area contributed by atoms with Gasteiger partial charge in [-0.2, -0.15) is 0 Å². The van der Waals surface area contributed by atoms with Crippen LogP contribution >= 0.6 is 11.3 Å². The van der Waals surface area contributed by atoms with Crippen molar-refractivity contribution in [2.45, 2.75) is 31.7 Å². The molecular weight excluding hydrogens is 508 g/mol. The van der Waals surface area contributed by atoms with Gasteiger partial charge in [0.1, 0.15) is 29.9 Å². The van der Waals surface area contributed by atoms with Crippen LogP contribution in [0.4, 0.5) is 16.3 Å². The van der Waals surface area contributed by atoms with E-state index in [2.05, 4.69) is 43.0 Å². The topological polar surface area (TPSA) is 124 Å². The van der Waals surface area contributed by atoms with Gasteiger partial charge < -0.3 is 34.4 Å². The fourth-order valence-electron chi connectivity index (χ4n) is 5.32. The number of morpholine rings is 1. The van der Waals surface area contributed by atoms with E-state index in [9.17, 15) is 15.0 Å². The highest BCUT2D eigenvalue weighted by Gasteiger charge is 2.32. The summed E-state index contributed by atoms with van der Waals surface area (Å²) in [6.07, 6.45) is 1.82. The number of aliphatic hydroxyl groups excluding tert-OH is 2. The van der Waals surface area contributed by atoms with Crippen LogP contribution in [0.5, 0.6) is 0 Å². The smallest absolute Gasteiger partial charge is 0.410 e. The first-order valence-corrected chi connectivity index (χ1v) is 14.0. The lowest BCUT2D eigenvalue weighted by atomic mass is 9.92. The van der Waals surface area contributed by atoms with Crippen LogP contribution < -0.4 is 9.80 Å². The van der Waals surface area contributed by atoms with Crippen LogP contribution in [0.25, 0.3) is 10.9 Å². The maximum absolute atomic E-state index is 12.0. The van der Waals surface area contributed by atoms with Crippen molar-refractivity contribution in [3.05, 3.63) is 40.6 Å². The van der Waals surface area contributed by atoms with Crippen molar-refractivity contribution in [3.63, 3.8) is 0 Å². The Morgan fingerprint density at radius 1 is 1.16 bits per heavy atom. The zero-order valence-corrected chi connectivity index (χ0v) is 21.9. The Morgan fingerprint density at radius 3 is 2.82 bits per heavy atom. The van der Waals surface area contributed by atoms with E-state index >= 15 is 0 Å². The summed E-state index contributed by atoms with van der Waals surface area (Å²) in [5.74, 6) is 0.897. The molecule has 3 aliphatic rings. The SMILES string of the molecule is O=C(OCc1csc(C(O)C2CCCN(c3ncnc4cc(N5CCOCC5)ccc34)C2)n1)N1CC(O)C1. The molecule has 0 bridgehead atoms. The molecule has 38 heavy (non-hydrogen) atoms. The number of carbonyl (C=O) groups excluding carboxylic acids is 1. The summed E-state index contributed by atoms with van der Waals surface area (Å²) in [6.45, 7) is 5.40. The molecule has 3 fully saturated rings. The Balaban J connectivity index is 1.11. The molecule has 6 rings (SSSR count). The molecule has 2 atom stereocenters. The summed E-state index contributed by atoms with van der Waals surface area (Å²) in [5, 5.41) is 24.0. The van der Waals surface area contributed by atoms with Crippen LogP contribution in [-0.2, 0) is 16.1 Å². The first kappa shape index (κ1) is 25.2. The molecule has 0 spiro atoms. The molecule has 2 unspecified atom stereocenters. The first-order chi connectivity index (χ1) is 18.5. The summed E-state index contributed by atoms with van der Waals surface area (Å²) in [6, 6.07) is 6.35. The predicted octanol–water partition coefficient (Wildman–Crippen LogP) is 2.19. The number of hydrogen-bond acceptors (Lipinski definition) is 11. The number of piperidine rings is 1. The Kier molecular flexibility index (Phi) is 7.28. The van der Waals surface area contributed by atoms with Gasteiger partial charge in [-0.25, -0.2) is 19.7 Å². The first-order valence-electron chi connectivity index (χ1n) is 13.1. The Labute approximate surface area is 224 Å². The number of aliphatic hydroxyl groups is 2. The quantitative estimate of drug-likeness (QED) is 0.481. The number of ether oxygens (including phenoxy) is 2. The van der Waals surface area contributed by atoms with Gasteiger partial charge in [0.05, 0.1) is 43.6 Å². The molecule has 3 aromatic rings. The average molecular weight is 541 g/mol. The third kappa shape index (κ3) is 5.26. The van der Waals surface area contributed by atoms with Crippen LogP contribution in [0.2, 0.25) is 0 Å². The van der Waals surface area contributed by atoms with Crippen LogP contribution in [0.3, 0.4) is 0 Å². The maximum Gasteiger partial charge on any atom is 0.410 e. The van der Waals surface area contributed by atoms with Crippen LogP contribution in [-0.4, -0.2) is 94.7 Å². The zero-order valence-electron chi connectivity index (χ0n) is 21.1. The van der Waals surface area contributed by atoms with E-state index in [-0.39, 0.29) is 12.5 Å². The number of rotatable bonds is 6. The van der Waals surface area contributed by atoms with E-state index in [1.165, 1.54) is 16.2 Å². The number of nitrogens with zero attached hydrogens (tertiary/aromatic N) is 6. The fourth-order valence-corrected chi connectivity index (χ4v) is 6.20. The zero-order chi connectivity index (χ0) is 26.1. The van der Waals surface area contributed by atoms with Crippen molar-refractivity contribution < 1.29 is 24.5 Å². The molecule has 2 aromatic heterocycles. The van der Waals surface area contributed by atoms with Crippen molar-refractivity contribution in [2.24, 2.45) is 5.92 Å². The second kappa shape index (κ2) is 11.0. The lowest BCUT2D eigenvalue weighted by molar-refractivity contribution is -0.00434. The number of β-amino-alcohol motifs (C(OH)–C–C–N with tert-alkyl or cyclic N) is 1. The van der Waals surface area contributed by atoms with Crippen molar-refractivity contribution >= 4 is 39.8 Å². The fraction of sp³-hybridized carbons (Fsp3) is 0.538. The highest BCUT2D eigenvalue weighted by molar-refractivity contribution is 7.09. The van der Waals surface area contributed by atoms with Gasteiger partial charge >= 0.3 is 6.09 Å². The molecule has 1 aromatic carbocycles. The minimum Gasteiger partial charge on any atom is -0.443 e. The monoisotopic (exact) mass is 540 g/mol. The van der Waals surface area contributed by atoms with E-state index in [4.69, 9.17) is 9.47 Å². The van der Waals surface area contributed by atoms with Crippen LogP contribution in [0.1, 0.15) is 29.6 Å². The second-order valence-corrected chi connectivity index (χ2v) is 11.0. The number of amides is 1. The van der Waals surface area contributed by atoms with Crippen molar-refractivity contribution in [2.75, 3.05) is 62.3 Å². The van der Waals surface area contributed by atoms with Crippen molar-refractivity contribution in [1.82, 2.24) is 19.9 Å². The van der Waals surface area contributed by atoms with Gasteiger partial charge in [0.25, 0.3) is 0 Å². The molecule has 11 nitrogen and oxygen atoms in total. The minimum absolute atomic E-state index is 0.00511. The standard InChI is InChI=1S/C26H32N6O5S/c33-20-12-32(13-20)26(35)37-14-18-15-38-25(29-18)23(34)17-2-1-5-31(11-17)24-21-4-3-19(10-22(21)27-16-28-24)30-6-8-36-9-7-30/h3-4,10,15-17,20,23,33-34H,1-2,5-9,11-14H2. The van der Waals surface area contributed by atoms with Crippen LogP contribution in [0.15, 0.2) is 29.9 Å². The minimum atomic E-state index is -0.709. The van der Waals surface area contributed by atoms with Gasteiger partial charge in [-0.15, -0.1) is 11.3 Å². The molecule has 0 saturated carbocycles. The van der Waals surface area contributed by atoms with Crippen LogP contribution in [0, 0.1) is 5.92 Å². The van der Waals surface area contributed by atoms with Gasteiger partial charge in [0.15, 0.2) is 0 Å². The molecule has 3 aliphatic heterocycles. The van der Waals surface area contributed by atoms with E-state index in [0.717, 1.165) is 68.1 Å². The van der Waals surface area contributed by atoms with Gasteiger partial charge in [0.2, 0.25) is 0 Å². The maximum atomic E-state index is 12.0. The average Bonchev–Trinajstić information content (AvgIpc) is 3.43. The van der Waals surface area contributed by atoms with E-state index in [1.54, 1.807) is 6.33 Å². The molecule has 0 aliphatic carbocycles. The van der Waals surface area contributed by atoms with Gasteiger partial charge in [0, 0.05) is 48.6 Å². The molecule has 12 heteroatoms. The highest BCUT2D eigenvalue weighted by atomic mass is 32.1. The van der Waals surface area contributed by atoms with Crippen molar-refractivity contribution in [3.8, 4) is 0 Å². The molecule has 2 N–H and O–H groups in total. The van der Waals surface area contributed by atoms with Gasteiger partial charge in [-0.1, -0.05) is 0 Å². The number of anilines is 2. The Bertz CT molecular complexity index is 1280. The normalized spacial score (nSPS) is 21.4. The number of carbonyl (C=O) groups is 1. The van der Waals surface area contributed by atoms with Crippen molar-refractivity contribution in [1.29, 1.82) is 0 Å². The highest BCUT2D eigenvalue weighted by Crippen LogP contribution is 2.35. The number of fused-ring (bicyclic) bond motifs is 1. The summed E-state index contributed by atoms with van der Waals surface area (Å²) >= 11 is 1.38. The number of likely N-dealkylation sites (tertiary alicyclic amines) is 1. The second-order valence-electron chi connectivity index (χ2n) is 10.1.